The second-order valence-corrected chi connectivity index (χ2v) is 5.04. The Morgan fingerprint density at radius 1 is 1.53 bits per heavy atom. The zero-order valence-corrected chi connectivity index (χ0v) is 12.4. The number of carbonyl (C=O) groups excluding carboxylic acids is 1. The van der Waals surface area contributed by atoms with Crippen molar-refractivity contribution in [1.82, 2.24) is 20.4 Å². The standard InChI is InChI=1S/C13H22N4O.ClH/c1-10-12(9-15-16-10)13(18)17-7-4-11(5-8-17)3-6-14-2;/h9,11,14H,3-8H2,1-2H3,(H,15,16);1H. The van der Waals surface area contributed by atoms with Gasteiger partial charge in [-0.3, -0.25) is 9.89 Å². The van der Waals surface area contributed by atoms with Crippen LogP contribution in [0.5, 0.6) is 0 Å². The summed E-state index contributed by atoms with van der Waals surface area (Å²) in [6.45, 7) is 4.70. The second kappa shape index (κ2) is 7.50. The van der Waals surface area contributed by atoms with E-state index in [4.69, 9.17) is 0 Å². The summed E-state index contributed by atoms with van der Waals surface area (Å²) in [5, 5.41) is 9.92. The third kappa shape index (κ3) is 3.94. The molecule has 0 aliphatic carbocycles. The molecule has 6 heteroatoms. The van der Waals surface area contributed by atoms with Gasteiger partial charge in [-0.25, -0.2) is 0 Å². The fraction of sp³-hybridized carbons (Fsp3) is 0.692. The smallest absolute Gasteiger partial charge is 0.257 e. The molecule has 1 fully saturated rings. The van der Waals surface area contributed by atoms with Crippen LogP contribution in [0.2, 0.25) is 0 Å². The van der Waals surface area contributed by atoms with Crippen LogP contribution in [0.25, 0.3) is 0 Å². The highest BCUT2D eigenvalue weighted by Crippen LogP contribution is 2.21. The number of hydrogen-bond acceptors (Lipinski definition) is 3. The van der Waals surface area contributed by atoms with Crippen LogP contribution in [0.4, 0.5) is 0 Å². The normalized spacial score (nSPS) is 16.2. The fourth-order valence-corrected chi connectivity index (χ4v) is 2.51. The number of aromatic amines is 1. The molecule has 19 heavy (non-hydrogen) atoms. The van der Waals surface area contributed by atoms with Gasteiger partial charge in [-0.05, 0) is 45.7 Å². The first-order valence-corrected chi connectivity index (χ1v) is 6.66. The number of hydrogen-bond donors (Lipinski definition) is 2. The monoisotopic (exact) mass is 286 g/mol. The zero-order chi connectivity index (χ0) is 13.0. The van der Waals surface area contributed by atoms with Crippen molar-refractivity contribution in [2.24, 2.45) is 5.92 Å². The summed E-state index contributed by atoms with van der Waals surface area (Å²) in [4.78, 5) is 14.2. The van der Waals surface area contributed by atoms with Crippen LogP contribution in [-0.2, 0) is 0 Å². The van der Waals surface area contributed by atoms with Crippen LogP contribution in [-0.4, -0.2) is 47.7 Å². The maximum atomic E-state index is 12.3. The van der Waals surface area contributed by atoms with Crippen LogP contribution >= 0.6 is 12.4 Å². The summed E-state index contributed by atoms with van der Waals surface area (Å²) in [7, 11) is 1.99. The zero-order valence-electron chi connectivity index (χ0n) is 11.6. The molecule has 0 saturated carbocycles. The lowest BCUT2D eigenvalue weighted by Gasteiger charge is -2.32. The Balaban J connectivity index is 0.00000180. The lowest BCUT2D eigenvalue weighted by molar-refractivity contribution is 0.0686. The number of nitrogens with one attached hydrogen (secondary N) is 2. The third-order valence-corrected chi connectivity index (χ3v) is 3.76. The minimum atomic E-state index is 0. The van der Waals surface area contributed by atoms with Gasteiger partial charge in [0.1, 0.15) is 0 Å². The molecule has 1 aromatic heterocycles. The lowest BCUT2D eigenvalue weighted by Crippen LogP contribution is -2.39. The van der Waals surface area contributed by atoms with E-state index < -0.39 is 0 Å². The number of likely N-dealkylation sites (tertiary alicyclic amines) is 1. The van der Waals surface area contributed by atoms with Gasteiger partial charge < -0.3 is 10.2 Å². The molecular formula is C13H23ClN4O. The molecule has 1 aromatic rings. The Bertz CT molecular complexity index is 399. The van der Waals surface area contributed by atoms with E-state index in [2.05, 4.69) is 15.5 Å². The van der Waals surface area contributed by atoms with Crippen molar-refractivity contribution in [3.05, 3.63) is 17.5 Å². The molecule has 1 aliphatic heterocycles. The van der Waals surface area contributed by atoms with Gasteiger partial charge in [0, 0.05) is 18.8 Å². The van der Waals surface area contributed by atoms with Crippen LogP contribution < -0.4 is 5.32 Å². The summed E-state index contributed by atoms with van der Waals surface area (Å²) >= 11 is 0. The van der Waals surface area contributed by atoms with Crippen LogP contribution in [0, 0.1) is 12.8 Å². The molecule has 0 spiro atoms. The summed E-state index contributed by atoms with van der Waals surface area (Å²) in [5.74, 6) is 0.875. The van der Waals surface area contributed by atoms with Gasteiger partial charge in [-0.1, -0.05) is 0 Å². The number of nitrogens with zero attached hydrogens (tertiary/aromatic N) is 2. The van der Waals surface area contributed by atoms with Crippen LogP contribution in [0.3, 0.4) is 0 Å². The predicted molar refractivity (Wildman–Crippen MR) is 77.7 cm³/mol. The number of amides is 1. The summed E-state index contributed by atoms with van der Waals surface area (Å²) in [5.41, 5.74) is 1.57. The van der Waals surface area contributed by atoms with E-state index >= 15 is 0 Å². The predicted octanol–water partition coefficient (Wildman–Crippen LogP) is 1.60. The van der Waals surface area contributed by atoms with Crippen molar-refractivity contribution in [3.63, 3.8) is 0 Å². The topological polar surface area (TPSA) is 61.0 Å². The van der Waals surface area contributed by atoms with E-state index in [9.17, 15) is 4.79 Å². The highest BCUT2D eigenvalue weighted by atomic mass is 35.5. The van der Waals surface area contributed by atoms with E-state index in [1.165, 1.54) is 6.42 Å². The highest BCUT2D eigenvalue weighted by Gasteiger charge is 2.24. The van der Waals surface area contributed by atoms with Gasteiger partial charge in [-0.15, -0.1) is 12.4 Å². The molecule has 1 amide bonds. The Morgan fingerprint density at radius 3 is 2.74 bits per heavy atom. The van der Waals surface area contributed by atoms with Gasteiger partial charge in [-0.2, -0.15) is 5.10 Å². The number of carbonyl (C=O) groups is 1. The average Bonchev–Trinajstić information content (AvgIpc) is 2.82. The Kier molecular flexibility index (Phi) is 6.31. The molecule has 0 bridgehead atoms. The maximum absolute atomic E-state index is 12.3. The molecule has 2 rings (SSSR count). The number of halogens is 1. The first-order chi connectivity index (χ1) is 8.72. The van der Waals surface area contributed by atoms with Crippen molar-refractivity contribution in [2.75, 3.05) is 26.7 Å². The van der Waals surface area contributed by atoms with Crippen molar-refractivity contribution >= 4 is 18.3 Å². The highest BCUT2D eigenvalue weighted by molar-refractivity contribution is 5.95. The summed E-state index contributed by atoms with van der Waals surface area (Å²) in [6, 6.07) is 0. The third-order valence-electron chi connectivity index (χ3n) is 3.76. The lowest BCUT2D eigenvalue weighted by atomic mass is 9.93. The molecule has 2 heterocycles. The van der Waals surface area contributed by atoms with Gasteiger partial charge in [0.2, 0.25) is 0 Å². The molecule has 0 aromatic carbocycles. The quantitative estimate of drug-likeness (QED) is 0.884. The molecule has 0 radical (unpaired) electrons. The number of aryl methyl sites for hydroxylation is 1. The van der Waals surface area contributed by atoms with Gasteiger partial charge in [0.15, 0.2) is 0 Å². The molecule has 108 valence electrons. The summed E-state index contributed by atoms with van der Waals surface area (Å²) in [6.07, 6.45) is 5.07. The van der Waals surface area contributed by atoms with Crippen molar-refractivity contribution in [3.8, 4) is 0 Å². The maximum Gasteiger partial charge on any atom is 0.257 e. The Morgan fingerprint density at radius 2 is 2.21 bits per heavy atom. The molecule has 5 nitrogen and oxygen atoms in total. The van der Waals surface area contributed by atoms with Crippen LogP contribution in [0.1, 0.15) is 35.3 Å². The first kappa shape index (κ1) is 16.0. The molecule has 1 aliphatic rings. The largest absolute Gasteiger partial charge is 0.339 e. The van der Waals surface area contributed by atoms with Crippen molar-refractivity contribution in [1.29, 1.82) is 0 Å². The Hall–Kier alpha value is -1.07. The number of rotatable bonds is 4. The number of H-pyrrole nitrogens is 1. The minimum absolute atomic E-state index is 0. The molecular weight excluding hydrogens is 264 g/mol. The number of aromatic nitrogens is 2. The van der Waals surface area contributed by atoms with E-state index in [-0.39, 0.29) is 18.3 Å². The van der Waals surface area contributed by atoms with Gasteiger partial charge in [0.25, 0.3) is 5.91 Å². The van der Waals surface area contributed by atoms with Gasteiger partial charge in [0.05, 0.1) is 11.8 Å². The SMILES string of the molecule is CNCCC1CCN(C(=O)c2cn[nH]c2C)CC1.Cl. The molecule has 2 N–H and O–H groups in total. The van der Waals surface area contributed by atoms with Crippen molar-refractivity contribution in [2.45, 2.75) is 26.2 Å². The van der Waals surface area contributed by atoms with Crippen molar-refractivity contribution < 1.29 is 4.79 Å². The minimum Gasteiger partial charge on any atom is -0.339 e. The molecule has 0 atom stereocenters. The summed E-state index contributed by atoms with van der Waals surface area (Å²) < 4.78 is 0. The average molecular weight is 287 g/mol. The Labute approximate surface area is 120 Å². The van der Waals surface area contributed by atoms with E-state index in [0.29, 0.717) is 5.56 Å². The number of piperidine rings is 1. The first-order valence-electron chi connectivity index (χ1n) is 6.66. The fourth-order valence-electron chi connectivity index (χ4n) is 2.51. The van der Waals surface area contributed by atoms with E-state index in [1.807, 2.05) is 18.9 Å². The molecule has 0 unspecified atom stereocenters. The molecule has 1 saturated heterocycles. The van der Waals surface area contributed by atoms with E-state index in [1.54, 1.807) is 6.20 Å². The van der Waals surface area contributed by atoms with E-state index in [0.717, 1.165) is 44.1 Å². The second-order valence-electron chi connectivity index (χ2n) is 5.04. The van der Waals surface area contributed by atoms with Crippen LogP contribution in [0.15, 0.2) is 6.20 Å². The van der Waals surface area contributed by atoms with Gasteiger partial charge >= 0.3 is 0 Å².